The van der Waals surface area contributed by atoms with E-state index in [9.17, 15) is 9.18 Å². The average Bonchev–Trinajstić information content (AvgIpc) is 2.37. The van der Waals surface area contributed by atoms with Gasteiger partial charge in [-0.25, -0.2) is 4.39 Å². The number of hydrogen-bond acceptors (Lipinski definition) is 4. The van der Waals surface area contributed by atoms with Crippen LogP contribution in [0.3, 0.4) is 0 Å². The topological polar surface area (TPSA) is 61.5 Å². The summed E-state index contributed by atoms with van der Waals surface area (Å²) in [6.07, 6.45) is 0. The Morgan fingerprint density at radius 1 is 1.39 bits per heavy atom. The van der Waals surface area contributed by atoms with Crippen LogP contribution >= 0.6 is 0 Å². The molecule has 0 aliphatic heterocycles. The van der Waals surface area contributed by atoms with Gasteiger partial charge in [0.05, 0.1) is 19.6 Å². The van der Waals surface area contributed by atoms with Crippen LogP contribution < -0.4 is 10.5 Å². The molecule has 0 aliphatic rings. The van der Waals surface area contributed by atoms with Crippen LogP contribution in [-0.2, 0) is 9.53 Å². The van der Waals surface area contributed by atoms with Gasteiger partial charge in [0.2, 0.25) is 0 Å². The van der Waals surface area contributed by atoms with Crippen LogP contribution in [0.4, 0.5) is 4.39 Å². The quantitative estimate of drug-likeness (QED) is 0.836. The number of carbonyl (C=O) groups excluding carboxylic acids is 1. The van der Waals surface area contributed by atoms with Crippen LogP contribution in [0.2, 0.25) is 0 Å². The van der Waals surface area contributed by atoms with E-state index in [-0.39, 0.29) is 5.75 Å². The second-order valence-electron chi connectivity index (χ2n) is 4.58. The molecule has 100 valence electrons. The molecule has 1 aromatic carbocycles. The van der Waals surface area contributed by atoms with Crippen molar-refractivity contribution in [2.75, 3.05) is 14.2 Å². The third kappa shape index (κ3) is 2.61. The summed E-state index contributed by atoms with van der Waals surface area (Å²) in [5.74, 6) is -0.786. The Bertz CT molecular complexity index is 446. The van der Waals surface area contributed by atoms with Crippen molar-refractivity contribution in [3.8, 4) is 5.75 Å². The van der Waals surface area contributed by atoms with Gasteiger partial charge >= 0.3 is 5.97 Å². The summed E-state index contributed by atoms with van der Waals surface area (Å²) in [6.45, 7) is 3.36. The van der Waals surface area contributed by atoms with E-state index in [1.54, 1.807) is 13.8 Å². The van der Waals surface area contributed by atoms with Gasteiger partial charge < -0.3 is 15.2 Å². The second kappa shape index (κ2) is 5.35. The molecule has 0 aliphatic carbocycles. The highest BCUT2D eigenvalue weighted by atomic mass is 19.1. The molecule has 0 saturated heterocycles. The van der Waals surface area contributed by atoms with Crippen molar-refractivity contribution in [1.82, 2.24) is 0 Å². The zero-order valence-electron chi connectivity index (χ0n) is 11.0. The van der Waals surface area contributed by atoms with Crippen LogP contribution in [0.1, 0.15) is 25.5 Å². The van der Waals surface area contributed by atoms with E-state index < -0.39 is 23.2 Å². The fourth-order valence-corrected chi connectivity index (χ4v) is 1.68. The summed E-state index contributed by atoms with van der Waals surface area (Å²) in [7, 11) is 2.68. The van der Waals surface area contributed by atoms with Crippen LogP contribution in [0, 0.1) is 11.2 Å². The maximum atomic E-state index is 13.3. The molecule has 0 amide bonds. The first-order chi connectivity index (χ1) is 8.34. The molecule has 0 saturated carbocycles. The Balaban J connectivity index is 3.10. The number of nitrogens with two attached hydrogens (primary N) is 1. The second-order valence-corrected chi connectivity index (χ2v) is 4.58. The number of carbonyl (C=O) groups is 1. The maximum Gasteiger partial charge on any atom is 0.313 e. The summed E-state index contributed by atoms with van der Waals surface area (Å²) in [4.78, 5) is 11.7. The van der Waals surface area contributed by atoms with Gasteiger partial charge in [0.25, 0.3) is 0 Å². The molecule has 1 rings (SSSR count). The summed E-state index contributed by atoms with van der Waals surface area (Å²) in [5.41, 5.74) is 5.75. The minimum absolute atomic E-state index is 0.101. The van der Waals surface area contributed by atoms with Gasteiger partial charge in [-0.1, -0.05) is 6.07 Å². The molecule has 4 nitrogen and oxygen atoms in total. The van der Waals surface area contributed by atoms with E-state index in [0.29, 0.717) is 5.56 Å². The Kier molecular flexibility index (Phi) is 4.29. The molecule has 0 fully saturated rings. The Hall–Kier alpha value is -1.62. The zero-order chi connectivity index (χ0) is 13.9. The lowest BCUT2D eigenvalue weighted by molar-refractivity contribution is -0.152. The van der Waals surface area contributed by atoms with Crippen LogP contribution in [0.5, 0.6) is 5.75 Å². The van der Waals surface area contributed by atoms with Gasteiger partial charge in [0.15, 0.2) is 11.6 Å². The van der Waals surface area contributed by atoms with Crippen LogP contribution in [0.15, 0.2) is 18.2 Å². The van der Waals surface area contributed by atoms with Crippen molar-refractivity contribution in [3.05, 3.63) is 29.6 Å². The maximum absolute atomic E-state index is 13.3. The summed E-state index contributed by atoms with van der Waals surface area (Å²) < 4.78 is 22.9. The molecule has 0 aromatic heterocycles. The number of benzene rings is 1. The lowest BCUT2D eigenvalue weighted by Crippen LogP contribution is -2.37. The van der Waals surface area contributed by atoms with E-state index in [1.165, 1.54) is 32.4 Å². The van der Waals surface area contributed by atoms with Gasteiger partial charge in [0.1, 0.15) is 0 Å². The number of esters is 1. The van der Waals surface area contributed by atoms with Crippen LogP contribution in [0.25, 0.3) is 0 Å². The molecule has 5 heteroatoms. The van der Waals surface area contributed by atoms with Crippen molar-refractivity contribution in [3.63, 3.8) is 0 Å². The van der Waals surface area contributed by atoms with Crippen molar-refractivity contribution in [2.45, 2.75) is 19.9 Å². The molecule has 0 bridgehead atoms. The summed E-state index contributed by atoms with van der Waals surface area (Å²) >= 11 is 0. The van der Waals surface area contributed by atoms with Crippen LogP contribution in [-0.4, -0.2) is 20.2 Å². The van der Waals surface area contributed by atoms with E-state index in [0.717, 1.165) is 0 Å². The molecule has 1 aromatic rings. The third-order valence-electron chi connectivity index (χ3n) is 3.02. The van der Waals surface area contributed by atoms with Gasteiger partial charge in [-0.2, -0.15) is 0 Å². The largest absolute Gasteiger partial charge is 0.494 e. The molecular weight excluding hydrogens is 237 g/mol. The molecule has 1 atom stereocenters. The number of methoxy groups -OCH3 is 2. The lowest BCUT2D eigenvalue weighted by atomic mass is 9.81. The lowest BCUT2D eigenvalue weighted by Gasteiger charge is -2.29. The first-order valence-electron chi connectivity index (χ1n) is 5.52. The first-order valence-corrected chi connectivity index (χ1v) is 5.52. The van der Waals surface area contributed by atoms with Gasteiger partial charge in [-0.05, 0) is 31.5 Å². The molecular formula is C13H18FNO3. The predicted molar refractivity (Wildman–Crippen MR) is 65.7 cm³/mol. The highest BCUT2D eigenvalue weighted by molar-refractivity contribution is 5.77. The van der Waals surface area contributed by atoms with Crippen molar-refractivity contribution in [1.29, 1.82) is 0 Å². The predicted octanol–water partition coefficient (Wildman–Crippen LogP) is 2.03. The average molecular weight is 255 g/mol. The van der Waals surface area contributed by atoms with E-state index in [1.807, 2.05) is 0 Å². The zero-order valence-corrected chi connectivity index (χ0v) is 11.0. The smallest absolute Gasteiger partial charge is 0.313 e. The molecule has 18 heavy (non-hydrogen) atoms. The monoisotopic (exact) mass is 255 g/mol. The van der Waals surface area contributed by atoms with E-state index in [4.69, 9.17) is 15.2 Å². The molecule has 2 N–H and O–H groups in total. The molecule has 0 spiro atoms. The Labute approximate surface area is 106 Å². The number of ether oxygens (including phenoxy) is 2. The fourth-order valence-electron chi connectivity index (χ4n) is 1.68. The fraction of sp³-hybridized carbons (Fsp3) is 0.462. The minimum atomic E-state index is -0.905. The molecule has 0 radical (unpaired) electrons. The number of hydrogen-bond donors (Lipinski definition) is 1. The highest BCUT2D eigenvalue weighted by Crippen LogP contribution is 2.34. The molecule has 0 unspecified atom stereocenters. The molecule has 0 heterocycles. The third-order valence-corrected chi connectivity index (χ3v) is 3.02. The van der Waals surface area contributed by atoms with Gasteiger partial charge in [0, 0.05) is 6.04 Å². The summed E-state index contributed by atoms with van der Waals surface area (Å²) in [6, 6.07) is 3.68. The minimum Gasteiger partial charge on any atom is -0.494 e. The van der Waals surface area contributed by atoms with Crippen molar-refractivity contribution in [2.24, 2.45) is 11.1 Å². The SMILES string of the molecule is COC(=O)C(C)(C)[C@H](N)c1ccc(F)c(OC)c1. The Morgan fingerprint density at radius 2 is 2.00 bits per heavy atom. The van der Waals surface area contributed by atoms with Gasteiger partial charge in [-0.3, -0.25) is 4.79 Å². The van der Waals surface area contributed by atoms with E-state index in [2.05, 4.69) is 0 Å². The highest BCUT2D eigenvalue weighted by Gasteiger charge is 2.36. The van der Waals surface area contributed by atoms with Crippen molar-refractivity contribution < 1.29 is 18.7 Å². The standard InChI is InChI=1S/C13H18FNO3/c1-13(2,12(16)18-4)11(15)8-5-6-9(14)10(7-8)17-3/h5-7,11H,15H2,1-4H3/t11-/m1/s1. The Morgan fingerprint density at radius 3 is 2.50 bits per heavy atom. The van der Waals surface area contributed by atoms with E-state index >= 15 is 0 Å². The van der Waals surface area contributed by atoms with Gasteiger partial charge in [-0.15, -0.1) is 0 Å². The number of halogens is 1. The summed E-state index contributed by atoms with van der Waals surface area (Å²) in [5, 5.41) is 0. The number of rotatable bonds is 4. The normalized spacial score (nSPS) is 13.0. The van der Waals surface area contributed by atoms with Crippen molar-refractivity contribution >= 4 is 5.97 Å². The first kappa shape index (κ1) is 14.4.